The Labute approximate surface area is 281 Å². The molecule has 224 valence electrons. The van der Waals surface area contributed by atoms with E-state index < -0.39 is 0 Å². The van der Waals surface area contributed by atoms with Crippen molar-refractivity contribution in [2.24, 2.45) is 0 Å². The van der Waals surface area contributed by atoms with Crippen LogP contribution in [0, 0.1) is 0 Å². The van der Waals surface area contributed by atoms with E-state index in [0.29, 0.717) is 0 Å². The minimum atomic E-state index is 1.21. The van der Waals surface area contributed by atoms with Crippen LogP contribution in [0.2, 0.25) is 0 Å². The van der Waals surface area contributed by atoms with E-state index in [1.165, 1.54) is 88.0 Å². The van der Waals surface area contributed by atoms with Crippen LogP contribution in [0.15, 0.2) is 194 Å². The Balaban J connectivity index is 1.30. The van der Waals surface area contributed by atoms with Crippen molar-refractivity contribution in [1.82, 2.24) is 0 Å². The predicted octanol–water partition coefficient (Wildman–Crippen LogP) is 13.5. The predicted molar refractivity (Wildman–Crippen MR) is 206 cm³/mol. The summed E-state index contributed by atoms with van der Waals surface area (Å²) < 4.78 is 0. The maximum atomic E-state index is 2.43. The Hall–Kier alpha value is -6.24. The molecule has 0 heterocycles. The highest BCUT2D eigenvalue weighted by molar-refractivity contribution is 6.22. The zero-order valence-electron chi connectivity index (χ0n) is 26.5. The summed E-state index contributed by atoms with van der Waals surface area (Å²) in [7, 11) is 0. The fourth-order valence-electron chi connectivity index (χ4n) is 7.46. The van der Waals surface area contributed by atoms with Crippen molar-refractivity contribution in [3.8, 4) is 55.6 Å². The van der Waals surface area contributed by atoms with Gasteiger partial charge in [-0.05, 0) is 94.0 Å². The maximum Gasteiger partial charge on any atom is -0.00261 e. The Bertz CT molecular complexity index is 2510. The first-order valence-corrected chi connectivity index (χ1v) is 16.6. The lowest BCUT2D eigenvalue weighted by Gasteiger charge is -2.19. The van der Waals surface area contributed by atoms with Crippen LogP contribution in [0.1, 0.15) is 0 Å². The first-order chi connectivity index (χ1) is 23.8. The molecule has 0 amide bonds. The topological polar surface area (TPSA) is 0 Å². The van der Waals surface area contributed by atoms with Gasteiger partial charge in [-0.15, -0.1) is 0 Å². The van der Waals surface area contributed by atoms with E-state index in [0.717, 1.165) is 0 Å². The summed E-state index contributed by atoms with van der Waals surface area (Å²) in [6, 6.07) is 70.7. The van der Waals surface area contributed by atoms with Crippen molar-refractivity contribution in [1.29, 1.82) is 0 Å². The molecule has 9 rings (SSSR count). The normalized spacial score (nSPS) is 11.3. The van der Waals surface area contributed by atoms with Gasteiger partial charge in [0.1, 0.15) is 0 Å². The minimum absolute atomic E-state index is 1.21. The fraction of sp³-hybridized carbons (Fsp3) is 0. The first kappa shape index (κ1) is 28.0. The molecule has 0 spiro atoms. The number of hydrogen-bond donors (Lipinski definition) is 0. The quantitative estimate of drug-likeness (QED) is 0.171. The van der Waals surface area contributed by atoms with Gasteiger partial charge in [0.15, 0.2) is 0 Å². The summed E-state index contributed by atoms with van der Waals surface area (Å²) in [4.78, 5) is 0. The van der Waals surface area contributed by atoms with Crippen molar-refractivity contribution in [3.05, 3.63) is 194 Å². The lowest BCUT2D eigenvalue weighted by atomic mass is 9.84. The molecule has 0 saturated heterocycles. The largest absolute Gasteiger partial charge is 0.0622 e. The summed E-state index contributed by atoms with van der Waals surface area (Å²) >= 11 is 0. The van der Waals surface area contributed by atoms with Gasteiger partial charge in [0.2, 0.25) is 0 Å². The lowest BCUT2D eigenvalue weighted by Crippen LogP contribution is -1.92. The van der Waals surface area contributed by atoms with Gasteiger partial charge in [-0.3, -0.25) is 0 Å². The van der Waals surface area contributed by atoms with Gasteiger partial charge in [0, 0.05) is 0 Å². The van der Waals surface area contributed by atoms with E-state index in [-0.39, 0.29) is 0 Å². The van der Waals surface area contributed by atoms with Crippen molar-refractivity contribution < 1.29 is 0 Å². The Morgan fingerprint density at radius 2 is 0.583 bits per heavy atom. The minimum Gasteiger partial charge on any atom is -0.0622 e. The lowest BCUT2D eigenvalue weighted by molar-refractivity contribution is 1.59. The number of benzene rings is 9. The summed E-state index contributed by atoms with van der Waals surface area (Å²) in [5, 5.41) is 7.56. The van der Waals surface area contributed by atoms with Gasteiger partial charge in [-0.1, -0.05) is 188 Å². The number of rotatable bonds is 5. The van der Waals surface area contributed by atoms with Crippen molar-refractivity contribution in [2.75, 3.05) is 0 Å². The van der Waals surface area contributed by atoms with Gasteiger partial charge in [-0.25, -0.2) is 0 Å². The van der Waals surface area contributed by atoms with Gasteiger partial charge in [0.05, 0.1) is 0 Å². The highest BCUT2D eigenvalue weighted by Gasteiger charge is 2.18. The number of hydrogen-bond acceptors (Lipinski definition) is 0. The highest BCUT2D eigenvalue weighted by atomic mass is 14.2. The molecule has 0 aliphatic carbocycles. The molecular formula is C48H32. The highest BCUT2D eigenvalue weighted by Crippen LogP contribution is 2.46. The molecule has 0 N–H and O–H groups in total. The first-order valence-electron chi connectivity index (χ1n) is 16.6. The molecule has 0 saturated carbocycles. The molecule has 0 radical (unpaired) electrons. The van der Waals surface area contributed by atoms with Gasteiger partial charge >= 0.3 is 0 Å². The summed E-state index contributed by atoms with van der Waals surface area (Å²) in [5.41, 5.74) is 12.4. The average Bonchev–Trinajstić information content (AvgIpc) is 3.17. The van der Waals surface area contributed by atoms with E-state index >= 15 is 0 Å². The molecule has 9 aromatic rings. The van der Waals surface area contributed by atoms with E-state index in [2.05, 4.69) is 194 Å². The number of fused-ring (bicyclic) bond motifs is 3. The standard InChI is InChI=1S/C48H32/c1-4-14-33(15-5-1)34-24-26-35(27-25-34)40-31-30-36-28-29-39(32-45(36)46(40)37-16-6-2-7-17-37)48-43-22-12-10-20-41(43)47(38-18-8-3-9-19-38)42-21-11-13-23-44(42)48/h1-32H. The van der Waals surface area contributed by atoms with Crippen LogP contribution in [0.25, 0.3) is 88.0 Å². The van der Waals surface area contributed by atoms with E-state index in [1.54, 1.807) is 0 Å². The van der Waals surface area contributed by atoms with Crippen LogP contribution in [0.4, 0.5) is 0 Å². The zero-order chi connectivity index (χ0) is 31.9. The van der Waals surface area contributed by atoms with Gasteiger partial charge in [-0.2, -0.15) is 0 Å². The zero-order valence-corrected chi connectivity index (χ0v) is 26.5. The van der Waals surface area contributed by atoms with Crippen LogP contribution in [0.5, 0.6) is 0 Å². The molecule has 0 aliphatic heterocycles. The smallest absolute Gasteiger partial charge is 0.00261 e. The SMILES string of the molecule is c1ccc(-c2ccc(-c3ccc4ccc(-c5c6ccccc6c(-c6ccccc6)c6ccccc56)cc4c3-c3ccccc3)cc2)cc1. The van der Waals surface area contributed by atoms with Crippen LogP contribution >= 0.6 is 0 Å². The summed E-state index contributed by atoms with van der Waals surface area (Å²) in [6.07, 6.45) is 0. The molecule has 0 atom stereocenters. The fourth-order valence-corrected chi connectivity index (χ4v) is 7.46. The van der Waals surface area contributed by atoms with Crippen LogP contribution in [-0.2, 0) is 0 Å². The Kier molecular flexibility index (Phi) is 6.91. The molecule has 0 nitrogen and oxygen atoms in total. The second-order valence-corrected chi connectivity index (χ2v) is 12.4. The molecule has 9 aromatic carbocycles. The molecule has 0 heteroatoms. The third kappa shape index (κ3) is 4.78. The molecule has 0 fully saturated rings. The molecule has 0 unspecified atom stereocenters. The van der Waals surface area contributed by atoms with Crippen LogP contribution < -0.4 is 0 Å². The molecule has 48 heavy (non-hydrogen) atoms. The Morgan fingerprint density at radius 1 is 0.208 bits per heavy atom. The molecule has 0 aliphatic rings. The summed E-state index contributed by atoms with van der Waals surface area (Å²) in [6.45, 7) is 0. The third-order valence-electron chi connectivity index (χ3n) is 9.67. The van der Waals surface area contributed by atoms with Crippen LogP contribution in [-0.4, -0.2) is 0 Å². The summed E-state index contributed by atoms with van der Waals surface area (Å²) in [5.74, 6) is 0. The van der Waals surface area contributed by atoms with E-state index in [4.69, 9.17) is 0 Å². The van der Waals surface area contributed by atoms with E-state index in [9.17, 15) is 0 Å². The second kappa shape index (κ2) is 11.8. The van der Waals surface area contributed by atoms with E-state index in [1.807, 2.05) is 0 Å². The molecule has 0 bridgehead atoms. The Morgan fingerprint density at radius 3 is 1.12 bits per heavy atom. The van der Waals surface area contributed by atoms with Crippen molar-refractivity contribution in [3.63, 3.8) is 0 Å². The van der Waals surface area contributed by atoms with Gasteiger partial charge in [0.25, 0.3) is 0 Å². The maximum absolute atomic E-state index is 2.43. The third-order valence-corrected chi connectivity index (χ3v) is 9.67. The average molecular weight is 609 g/mol. The van der Waals surface area contributed by atoms with Crippen LogP contribution in [0.3, 0.4) is 0 Å². The van der Waals surface area contributed by atoms with Crippen molar-refractivity contribution >= 4 is 32.3 Å². The molecule has 0 aromatic heterocycles. The van der Waals surface area contributed by atoms with Gasteiger partial charge < -0.3 is 0 Å². The monoisotopic (exact) mass is 608 g/mol. The molecular weight excluding hydrogens is 577 g/mol. The van der Waals surface area contributed by atoms with Crippen molar-refractivity contribution in [2.45, 2.75) is 0 Å². The second-order valence-electron chi connectivity index (χ2n) is 12.4.